The smallest absolute Gasteiger partial charge is 0.0402 e. The lowest BCUT2D eigenvalue weighted by molar-refractivity contribution is 0.318. The zero-order valence-electron chi connectivity index (χ0n) is 5.47. The van der Waals surface area contributed by atoms with Crippen LogP contribution in [0.3, 0.4) is 0 Å². The van der Waals surface area contributed by atoms with Crippen molar-refractivity contribution < 1.29 is 14.8 Å². The van der Waals surface area contributed by atoms with Gasteiger partial charge in [-0.2, -0.15) is 0 Å². The molecule has 0 spiro atoms. The summed E-state index contributed by atoms with van der Waals surface area (Å²) in [6.07, 6.45) is 3.28. The number of hydrogen-bond acceptors (Lipinski definition) is 2. The molecule has 0 radical (unpaired) electrons. The monoisotopic (exact) mass is 142 g/mol. The van der Waals surface area contributed by atoms with Gasteiger partial charge in [0.15, 0.2) is 0 Å². The minimum atomic E-state index is -0.611. The third-order valence-electron chi connectivity index (χ3n) is 0. The summed E-state index contributed by atoms with van der Waals surface area (Å²) in [5, 5.41) is 7.57. The Morgan fingerprint density at radius 3 is 1.50 bits per heavy atom. The Labute approximate surface area is 52.5 Å². The molecule has 54 valence electrons. The second-order valence-corrected chi connectivity index (χ2v) is 2.54. The molecule has 0 aromatic carbocycles. The molecular weight excluding hydrogens is 128 g/mol. The molecule has 0 unspecified atom stereocenters. The van der Waals surface area contributed by atoms with Crippen LogP contribution < -0.4 is 0 Å². The van der Waals surface area contributed by atoms with Crippen LogP contribution in [0.25, 0.3) is 0 Å². The summed E-state index contributed by atoms with van der Waals surface area (Å²) in [5.41, 5.74) is 0. The van der Waals surface area contributed by atoms with E-state index in [1.807, 2.05) is 0 Å². The van der Waals surface area contributed by atoms with Crippen LogP contribution in [0.4, 0.5) is 0 Å². The maximum Gasteiger partial charge on any atom is 0.0402 e. The van der Waals surface area contributed by atoms with E-state index in [2.05, 4.69) is 0 Å². The van der Waals surface area contributed by atoms with Crippen molar-refractivity contribution in [1.82, 2.24) is 0 Å². The average molecular weight is 142 g/mol. The van der Waals surface area contributed by atoms with Gasteiger partial charge in [0.05, 0.1) is 0 Å². The van der Waals surface area contributed by atoms with E-state index in [0.717, 1.165) is 0 Å². The fourth-order valence-electron chi connectivity index (χ4n) is 0. The first-order chi connectivity index (χ1) is 3.15. The fraction of sp³-hybridized carbons (Fsp3) is 1.00. The van der Waals surface area contributed by atoms with E-state index >= 15 is 0 Å². The van der Waals surface area contributed by atoms with E-state index < -0.39 is 10.8 Å². The summed E-state index contributed by atoms with van der Waals surface area (Å²) in [4.78, 5) is 0. The Balaban J connectivity index is -0.0000000575. The highest BCUT2D eigenvalue weighted by molar-refractivity contribution is 7.83. The van der Waals surface area contributed by atoms with E-state index in [0.29, 0.717) is 0 Å². The molecule has 4 heteroatoms. The molecule has 0 amide bonds. The van der Waals surface area contributed by atoms with E-state index in [1.165, 1.54) is 0 Å². The van der Waals surface area contributed by atoms with Crippen LogP contribution in [0.15, 0.2) is 0 Å². The number of aliphatic hydroxyl groups is 1. The van der Waals surface area contributed by atoms with Gasteiger partial charge >= 0.3 is 0 Å². The lowest BCUT2D eigenvalue weighted by atomic mass is 10.9. The van der Waals surface area contributed by atoms with Crippen LogP contribution in [0.1, 0.15) is 6.92 Å². The van der Waals surface area contributed by atoms with Crippen molar-refractivity contribution in [3.63, 3.8) is 0 Å². The fourth-order valence-corrected chi connectivity index (χ4v) is 0. The van der Waals surface area contributed by atoms with Gasteiger partial charge in [-0.3, -0.25) is 4.21 Å². The highest BCUT2D eigenvalue weighted by Crippen LogP contribution is 1.47. The molecule has 0 saturated carbocycles. The summed E-state index contributed by atoms with van der Waals surface area (Å²) in [5.74, 6) is 0. The average Bonchev–Trinajstić information content (AvgIpc) is 1.33. The highest BCUT2D eigenvalue weighted by atomic mass is 32.2. The van der Waals surface area contributed by atoms with Crippen LogP contribution in [0, 0.1) is 0 Å². The number of aliphatic hydroxyl groups excluding tert-OH is 1. The largest absolute Gasteiger partial charge is 0.412 e. The molecule has 0 aliphatic heterocycles. The van der Waals surface area contributed by atoms with Gasteiger partial charge in [-0.25, -0.2) is 0 Å². The molecule has 0 atom stereocenters. The van der Waals surface area contributed by atoms with E-state index in [-0.39, 0.29) is 12.1 Å². The number of hydrogen-bond donors (Lipinski definition) is 1. The maximum atomic E-state index is 9.56. The third-order valence-corrected chi connectivity index (χ3v) is 0. The lowest BCUT2D eigenvalue weighted by Gasteiger charge is -1.60. The van der Waals surface area contributed by atoms with Crippen LogP contribution in [-0.4, -0.2) is 33.9 Å². The zero-order valence-corrected chi connectivity index (χ0v) is 6.29. The van der Waals surface area contributed by atoms with Gasteiger partial charge in [0.1, 0.15) is 0 Å². The molecule has 0 aromatic rings. The van der Waals surface area contributed by atoms with Gasteiger partial charge in [0.2, 0.25) is 0 Å². The molecule has 0 saturated heterocycles. The molecule has 0 aromatic heterocycles. The number of rotatable bonds is 0. The Bertz CT molecular complexity index is 42.5. The quantitative estimate of drug-likeness (QED) is 0.479. The van der Waals surface area contributed by atoms with Gasteiger partial charge in [0.25, 0.3) is 0 Å². The normalized spacial score (nSPS) is 6.62. The lowest BCUT2D eigenvalue weighted by Crippen LogP contribution is -1.70. The van der Waals surface area contributed by atoms with E-state index in [9.17, 15) is 4.21 Å². The second kappa shape index (κ2) is 15.7. The molecule has 0 rings (SSSR count). The topological polar surface area (TPSA) is 68.8 Å². The minimum absolute atomic E-state index is 0. The standard InChI is InChI=1S/C2H6OS.C2H6O.H2O/c1-4(2)3;1-2-3;/h1-2H3;3H,2H2,1H3;1H2. The molecule has 0 fully saturated rings. The highest BCUT2D eigenvalue weighted by Gasteiger charge is 1.57. The Morgan fingerprint density at radius 1 is 1.50 bits per heavy atom. The Kier molecular flexibility index (Phi) is 30.8. The Hall–Kier alpha value is 0.0700. The Morgan fingerprint density at radius 2 is 1.50 bits per heavy atom. The molecular formula is C4H14O3S. The van der Waals surface area contributed by atoms with Crippen molar-refractivity contribution in [2.24, 2.45) is 0 Å². The first kappa shape index (κ1) is 15.7. The summed E-state index contributed by atoms with van der Waals surface area (Å²) in [7, 11) is -0.611. The minimum Gasteiger partial charge on any atom is -0.412 e. The molecule has 0 heterocycles. The summed E-state index contributed by atoms with van der Waals surface area (Å²) in [6, 6.07) is 0. The maximum absolute atomic E-state index is 9.56. The van der Waals surface area contributed by atoms with Gasteiger partial charge in [-0.05, 0) is 6.92 Å². The van der Waals surface area contributed by atoms with Crippen molar-refractivity contribution in [3.8, 4) is 0 Å². The summed E-state index contributed by atoms with van der Waals surface area (Å²) >= 11 is 0. The zero-order chi connectivity index (χ0) is 6.28. The van der Waals surface area contributed by atoms with Crippen molar-refractivity contribution in [2.45, 2.75) is 6.92 Å². The van der Waals surface area contributed by atoms with E-state index in [4.69, 9.17) is 5.11 Å². The molecule has 3 N–H and O–H groups in total. The van der Waals surface area contributed by atoms with Crippen molar-refractivity contribution in [3.05, 3.63) is 0 Å². The van der Waals surface area contributed by atoms with Crippen molar-refractivity contribution in [2.75, 3.05) is 19.1 Å². The summed E-state index contributed by atoms with van der Waals surface area (Å²) in [6.45, 7) is 1.93. The van der Waals surface area contributed by atoms with Gasteiger partial charge in [0, 0.05) is 29.9 Å². The van der Waals surface area contributed by atoms with Crippen LogP contribution >= 0.6 is 0 Å². The predicted molar refractivity (Wildman–Crippen MR) is 36.4 cm³/mol. The predicted octanol–water partition coefficient (Wildman–Crippen LogP) is -0.831. The molecule has 0 aliphatic carbocycles. The van der Waals surface area contributed by atoms with E-state index in [1.54, 1.807) is 19.4 Å². The first-order valence-electron chi connectivity index (χ1n) is 2.01. The van der Waals surface area contributed by atoms with Crippen LogP contribution in [-0.2, 0) is 10.8 Å². The molecule has 3 nitrogen and oxygen atoms in total. The molecule has 8 heavy (non-hydrogen) atoms. The summed E-state index contributed by atoms with van der Waals surface area (Å²) < 4.78 is 9.56. The molecule has 0 aliphatic rings. The SMILES string of the molecule is CCO.CS(C)=O.O. The van der Waals surface area contributed by atoms with Gasteiger partial charge < -0.3 is 10.6 Å². The first-order valence-corrected chi connectivity index (χ1v) is 3.97. The van der Waals surface area contributed by atoms with Crippen LogP contribution in [0.5, 0.6) is 0 Å². The molecule has 0 bridgehead atoms. The van der Waals surface area contributed by atoms with Crippen molar-refractivity contribution in [1.29, 1.82) is 0 Å². The van der Waals surface area contributed by atoms with Gasteiger partial charge in [-0.15, -0.1) is 0 Å². The van der Waals surface area contributed by atoms with Crippen molar-refractivity contribution >= 4 is 10.8 Å². The van der Waals surface area contributed by atoms with Crippen LogP contribution in [0.2, 0.25) is 0 Å². The second-order valence-electron chi connectivity index (χ2n) is 1.06. The third kappa shape index (κ3) is 31800. The van der Waals surface area contributed by atoms with Gasteiger partial charge in [-0.1, -0.05) is 0 Å².